The topological polar surface area (TPSA) is 54.0 Å². The van der Waals surface area contributed by atoms with Gasteiger partial charge in [0.1, 0.15) is 6.10 Å². The number of unbranched alkanes of at least 4 members (excludes halogenated alkanes) is 3. The molecule has 2 fully saturated rings. The Hall–Kier alpha value is -2.25. The number of esters is 1. The molecule has 2 aromatic rings. The molecular weight excluding hydrogens is 492 g/mol. The molecular formula is C32H44O5Si. The van der Waals surface area contributed by atoms with Crippen LogP contribution in [0.1, 0.15) is 66.2 Å². The van der Waals surface area contributed by atoms with Gasteiger partial charge in [-0.1, -0.05) is 113 Å². The van der Waals surface area contributed by atoms with Gasteiger partial charge in [0.05, 0.1) is 18.6 Å². The molecule has 5 atom stereocenters. The number of ether oxygens (including phenoxy) is 3. The van der Waals surface area contributed by atoms with Crippen molar-refractivity contribution < 1.29 is 23.4 Å². The smallest absolute Gasteiger partial charge is 0.306 e. The average molecular weight is 537 g/mol. The van der Waals surface area contributed by atoms with E-state index in [0.29, 0.717) is 12.8 Å². The number of benzene rings is 2. The number of hydrogen-bond donors (Lipinski definition) is 0. The molecule has 0 aliphatic carbocycles. The fraction of sp³-hybridized carbons (Fsp3) is 0.531. The van der Waals surface area contributed by atoms with E-state index in [9.17, 15) is 4.79 Å². The van der Waals surface area contributed by atoms with Crippen molar-refractivity contribution in [3.8, 4) is 0 Å². The van der Waals surface area contributed by atoms with Gasteiger partial charge in [-0.25, -0.2) is 0 Å². The first-order chi connectivity index (χ1) is 18.3. The SMILES string of the molecule is CCCCC/C=C/[C@H](O[Si](c1ccccc1)(c1ccccc1)C(C)(C)C)[C@H]1O[C@H](OC)C[C@@H]2OC(=O)C[C@H]12. The van der Waals surface area contributed by atoms with E-state index in [1.54, 1.807) is 7.11 Å². The third-order valence-electron chi connectivity index (χ3n) is 7.93. The Morgan fingerprint density at radius 3 is 2.21 bits per heavy atom. The van der Waals surface area contributed by atoms with Crippen molar-refractivity contribution in [1.82, 2.24) is 0 Å². The second-order valence-electron chi connectivity index (χ2n) is 11.6. The van der Waals surface area contributed by atoms with Gasteiger partial charge in [0.25, 0.3) is 8.32 Å². The lowest BCUT2D eigenvalue weighted by Gasteiger charge is -2.48. The monoisotopic (exact) mass is 536 g/mol. The molecule has 0 saturated carbocycles. The van der Waals surface area contributed by atoms with E-state index < -0.39 is 14.6 Å². The van der Waals surface area contributed by atoms with Crippen molar-refractivity contribution >= 4 is 24.7 Å². The first-order valence-corrected chi connectivity index (χ1v) is 16.0. The molecule has 0 radical (unpaired) electrons. The lowest BCUT2D eigenvalue weighted by molar-refractivity contribution is -0.231. The van der Waals surface area contributed by atoms with E-state index in [4.69, 9.17) is 18.6 Å². The van der Waals surface area contributed by atoms with E-state index >= 15 is 0 Å². The molecule has 38 heavy (non-hydrogen) atoms. The van der Waals surface area contributed by atoms with Crippen LogP contribution in [0.2, 0.25) is 5.04 Å². The van der Waals surface area contributed by atoms with Gasteiger partial charge in [0.2, 0.25) is 0 Å². The Bertz CT molecular complexity index is 1010. The highest BCUT2D eigenvalue weighted by Gasteiger charge is 2.55. The quantitative estimate of drug-likeness (QED) is 0.158. The van der Waals surface area contributed by atoms with Crippen molar-refractivity contribution in [2.45, 2.75) is 95.9 Å². The van der Waals surface area contributed by atoms with Crippen LogP contribution >= 0.6 is 0 Å². The predicted molar refractivity (Wildman–Crippen MR) is 154 cm³/mol. The fourth-order valence-corrected chi connectivity index (χ4v) is 10.7. The second kappa shape index (κ2) is 12.7. The molecule has 0 bridgehead atoms. The number of hydrogen-bond acceptors (Lipinski definition) is 5. The first kappa shape index (κ1) is 28.7. The van der Waals surface area contributed by atoms with Gasteiger partial charge in [-0.05, 0) is 28.3 Å². The Balaban J connectivity index is 1.82. The highest BCUT2D eigenvalue weighted by Crippen LogP contribution is 2.42. The number of methoxy groups -OCH3 is 1. The van der Waals surface area contributed by atoms with Crippen LogP contribution in [0.3, 0.4) is 0 Å². The highest BCUT2D eigenvalue weighted by molar-refractivity contribution is 6.99. The maximum Gasteiger partial charge on any atom is 0.306 e. The van der Waals surface area contributed by atoms with Gasteiger partial charge in [-0.2, -0.15) is 0 Å². The maximum atomic E-state index is 12.4. The largest absolute Gasteiger partial charge is 0.462 e. The van der Waals surface area contributed by atoms with Gasteiger partial charge in [0, 0.05) is 19.4 Å². The minimum atomic E-state index is -2.86. The van der Waals surface area contributed by atoms with Gasteiger partial charge in [0.15, 0.2) is 6.29 Å². The summed E-state index contributed by atoms with van der Waals surface area (Å²) in [4.78, 5) is 12.4. The van der Waals surface area contributed by atoms with Crippen LogP contribution in [-0.2, 0) is 23.4 Å². The molecule has 2 aliphatic heterocycles. The summed E-state index contributed by atoms with van der Waals surface area (Å²) in [5, 5.41) is 2.26. The van der Waals surface area contributed by atoms with Crippen LogP contribution in [0.5, 0.6) is 0 Å². The predicted octanol–water partition coefficient (Wildman–Crippen LogP) is 5.76. The van der Waals surface area contributed by atoms with Crippen LogP contribution in [-0.4, -0.2) is 46.0 Å². The maximum absolute atomic E-state index is 12.4. The standard InChI is InChI=1S/C32H44O5Si/c1-6-7-8-9-16-21-27(31-26-22-29(33)35-28(26)23-30(34-5)36-31)37-38(32(2,3)4,24-17-12-10-13-18-24)25-19-14-11-15-20-25/h10-21,26-28,30-31H,6-9,22-23H2,1-5H3/b21-16+/t26-,27-,28-,30-,31-/m0/s1. The summed E-state index contributed by atoms with van der Waals surface area (Å²) in [6.07, 6.45) is 8.46. The van der Waals surface area contributed by atoms with Gasteiger partial charge >= 0.3 is 5.97 Å². The Morgan fingerprint density at radius 2 is 1.66 bits per heavy atom. The first-order valence-electron chi connectivity index (χ1n) is 14.1. The minimum Gasteiger partial charge on any atom is -0.462 e. The molecule has 0 amide bonds. The molecule has 0 N–H and O–H groups in total. The number of carbonyl (C=O) groups is 1. The lowest BCUT2D eigenvalue weighted by atomic mass is 9.87. The number of allylic oxidation sites excluding steroid dienone is 1. The van der Waals surface area contributed by atoms with E-state index in [-0.39, 0.29) is 35.2 Å². The molecule has 0 aromatic heterocycles. The molecule has 2 heterocycles. The minimum absolute atomic E-state index is 0.0718. The van der Waals surface area contributed by atoms with Crippen molar-refractivity contribution in [2.24, 2.45) is 5.92 Å². The molecule has 2 saturated heterocycles. The molecule has 4 rings (SSSR count). The summed E-state index contributed by atoms with van der Waals surface area (Å²) >= 11 is 0. The Kier molecular flexibility index (Phi) is 9.63. The van der Waals surface area contributed by atoms with Crippen LogP contribution in [0.4, 0.5) is 0 Å². The van der Waals surface area contributed by atoms with Crippen molar-refractivity contribution in [2.75, 3.05) is 7.11 Å². The lowest BCUT2D eigenvalue weighted by Crippen LogP contribution is -2.69. The van der Waals surface area contributed by atoms with Crippen LogP contribution in [0.25, 0.3) is 0 Å². The van der Waals surface area contributed by atoms with E-state index in [2.05, 4.69) is 101 Å². The summed E-state index contributed by atoms with van der Waals surface area (Å²) in [7, 11) is -1.21. The molecule has 5 nitrogen and oxygen atoms in total. The van der Waals surface area contributed by atoms with Crippen molar-refractivity contribution in [3.63, 3.8) is 0 Å². The fourth-order valence-electron chi connectivity index (χ4n) is 6.03. The molecule has 206 valence electrons. The molecule has 0 spiro atoms. The highest BCUT2D eigenvalue weighted by atomic mass is 28.4. The Labute approximate surface area is 229 Å². The summed E-state index contributed by atoms with van der Waals surface area (Å²) < 4.78 is 25.5. The third-order valence-corrected chi connectivity index (χ3v) is 13.0. The van der Waals surface area contributed by atoms with Gasteiger partial charge in [-0.15, -0.1) is 0 Å². The van der Waals surface area contributed by atoms with Crippen LogP contribution < -0.4 is 10.4 Å². The van der Waals surface area contributed by atoms with Crippen LogP contribution in [0.15, 0.2) is 72.8 Å². The van der Waals surface area contributed by atoms with Gasteiger partial charge < -0.3 is 18.6 Å². The van der Waals surface area contributed by atoms with E-state index in [1.165, 1.54) is 23.2 Å². The van der Waals surface area contributed by atoms with Crippen LogP contribution in [0, 0.1) is 5.92 Å². The number of carbonyl (C=O) groups excluding carboxylic acids is 1. The van der Waals surface area contributed by atoms with Gasteiger partial charge in [-0.3, -0.25) is 4.79 Å². The van der Waals surface area contributed by atoms with E-state index in [0.717, 1.165) is 12.8 Å². The van der Waals surface area contributed by atoms with Crippen molar-refractivity contribution in [1.29, 1.82) is 0 Å². The molecule has 2 aromatic carbocycles. The summed E-state index contributed by atoms with van der Waals surface area (Å²) in [6.45, 7) is 9.07. The van der Waals surface area contributed by atoms with E-state index in [1.807, 2.05) is 0 Å². The molecule has 0 unspecified atom stereocenters. The summed E-state index contributed by atoms with van der Waals surface area (Å²) in [6, 6.07) is 21.3. The average Bonchev–Trinajstić information content (AvgIpc) is 3.30. The summed E-state index contributed by atoms with van der Waals surface area (Å²) in [5.74, 6) is -0.237. The second-order valence-corrected chi connectivity index (χ2v) is 15.8. The third kappa shape index (κ3) is 6.14. The zero-order valence-corrected chi connectivity index (χ0v) is 24.6. The number of rotatable bonds is 11. The number of fused-ring (bicyclic) bond motifs is 1. The zero-order valence-electron chi connectivity index (χ0n) is 23.6. The van der Waals surface area contributed by atoms with Crippen molar-refractivity contribution in [3.05, 3.63) is 72.8 Å². The normalized spacial score (nSPS) is 24.8. The summed E-state index contributed by atoms with van der Waals surface area (Å²) in [5.41, 5.74) is 0. The Morgan fingerprint density at radius 1 is 1.03 bits per heavy atom. The zero-order chi connectivity index (χ0) is 27.2. The molecule has 6 heteroatoms. The molecule has 2 aliphatic rings.